The zero-order valence-electron chi connectivity index (χ0n) is 18.5. The van der Waals surface area contributed by atoms with Gasteiger partial charge < -0.3 is 10.1 Å². The van der Waals surface area contributed by atoms with E-state index in [9.17, 15) is 17.6 Å². The smallest absolute Gasteiger partial charge is 0.251 e. The first kappa shape index (κ1) is 23.8. The topological polar surface area (TPSA) is 87.7 Å². The van der Waals surface area contributed by atoms with Crippen LogP contribution in [0.5, 0.6) is 0 Å². The maximum absolute atomic E-state index is 13.1. The summed E-state index contributed by atoms with van der Waals surface area (Å²) in [5, 5.41) is 3.05. The van der Waals surface area contributed by atoms with E-state index in [4.69, 9.17) is 4.74 Å². The molecule has 2 aromatic carbocycles. The molecule has 1 amide bonds. The van der Waals surface area contributed by atoms with Crippen LogP contribution in [-0.4, -0.2) is 57.6 Å². The Bertz CT molecular complexity index is 1030. The Labute approximate surface area is 194 Å². The molecule has 0 spiro atoms. The Kier molecular flexibility index (Phi) is 7.75. The summed E-state index contributed by atoms with van der Waals surface area (Å²) in [6.45, 7) is 3.37. The number of amides is 1. The van der Waals surface area contributed by atoms with Gasteiger partial charge in [0, 0.05) is 44.4 Å². The standard InChI is InChI=1S/C24H30FN3O4S/c25-20-7-3-18(4-8-20)17-28-13-11-21(12-14-28)27-24(29)19-5-9-23(10-6-19)33(30,31)26-16-22-2-1-15-32-22/h3-10,21-22,26H,1-2,11-17H2,(H,27,29). The minimum atomic E-state index is -3.64. The van der Waals surface area contributed by atoms with Gasteiger partial charge in [0.05, 0.1) is 11.0 Å². The van der Waals surface area contributed by atoms with Crippen molar-refractivity contribution < 1.29 is 22.3 Å². The molecule has 0 aliphatic carbocycles. The highest BCUT2D eigenvalue weighted by atomic mass is 32.2. The zero-order chi connectivity index (χ0) is 23.3. The average molecular weight is 476 g/mol. The maximum atomic E-state index is 13.1. The molecule has 0 aromatic heterocycles. The van der Waals surface area contributed by atoms with E-state index in [-0.39, 0.29) is 35.3 Å². The van der Waals surface area contributed by atoms with Crippen molar-refractivity contribution in [2.45, 2.75) is 49.3 Å². The molecular weight excluding hydrogens is 445 g/mol. The van der Waals surface area contributed by atoms with Gasteiger partial charge in [-0.2, -0.15) is 0 Å². The SMILES string of the molecule is O=C(NC1CCN(Cc2ccc(F)cc2)CC1)c1ccc(S(=O)(=O)NCC2CCCO2)cc1. The Morgan fingerprint density at radius 3 is 2.36 bits per heavy atom. The van der Waals surface area contributed by atoms with E-state index < -0.39 is 10.0 Å². The minimum absolute atomic E-state index is 0.0680. The van der Waals surface area contributed by atoms with E-state index >= 15 is 0 Å². The van der Waals surface area contributed by atoms with Crippen LogP contribution in [0.1, 0.15) is 41.6 Å². The van der Waals surface area contributed by atoms with Crippen LogP contribution in [0.4, 0.5) is 4.39 Å². The molecule has 2 fully saturated rings. The second kappa shape index (κ2) is 10.7. The summed E-state index contributed by atoms with van der Waals surface area (Å²) in [5.41, 5.74) is 1.50. The molecule has 2 saturated heterocycles. The first-order valence-corrected chi connectivity index (χ1v) is 12.9. The summed E-state index contributed by atoms with van der Waals surface area (Å²) in [5.74, 6) is -0.441. The molecule has 1 unspecified atom stereocenters. The van der Waals surface area contributed by atoms with Crippen LogP contribution in [0.2, 0.25) is 0 Å². The average Bonchev–Trinajstić information content (AvgIpc) is 3.35. The highest BCUT2D eigenvalue weighted by Gasteiger charge is 2.23. The van der Waals surface area contributed by atoms with Crippen LogP contribution >= 0.6 is 0 Å². The quantitative estimate of drug-likeness (QED) is 0.613. The first-order chi connectivity index (χ1) is 15.9. The lowest BCUT2D eigenvalue weighted by Gasteiger charge is -2.32. The lowest BCUT2D eigenvalue weighted by molar-refractivity contribution is 0.0909. The van der Waals surface area contributed by atoms with Crippen LogP contribution in [0.15, 0.2) is 53.4 Å². The number of benzene rings is 2. The number of ether oxygens (including phenoxy) is 1. The second-order valence-corrected chi connectivity index (χ2v) is 10.4. The predicted molar refractivity (Wildman–Crippen MR) is 123 cm³/mol. The summed E-state index contributed by atoms with van der Waals surface area (Å²) < 4.78 is 46.0. The number of piperidine rings is 1. The van der Waals surface area contributed by atoms with Gasteiger partial charge in [0.25, 0.3) is 5.91 Å². The van der Waals surface area contributed by atoms with E-state index in [1.807, 2.05) is 0 Å². The van der Waals surface area contributed by atoms with Crippen molar-refractivity contribution in [2.75, 3.05) is 26.2 Å². The van der Waals surface area contributed by atoms with E-state index in [0.29, 0.717) is 12.2 Å². The molecular formula is C24H30FN3O4S. The number of halogens is 1. The summed E-state index contributed by atoms with van der Waals surface area (Å²) in [4.78, 5) is 15.1. The molecule has 2 aliphatic heterocycles. The summed E-state index contributed by atoms with van der Waals surface area (Å²) in [6.07, 6.45) is 3.38. The fraction of sp³-hybridized carbons (Fsp3) is 0.458. The molecule has 33 heavy (non-hydrogen) atoms. The van der Waals surface area contributed by atoms with Gasteiger partial charge in [0.1, 0.15) is 5.82 Å². The highest BCUT2D eigenvalue weighted by molar-refractivity contribution is 7.89. The predicted octanol–water partition coefficient (Wildman–Crippen LogP) is 2.68. The molecule has 7 nitrogen and oxygen atoms in total. The molecule has 0 bridgehead atoms. The van der Waals surface area contributed by atoms with E-state index in [2.05, 4.69) is 14.9 Å². The number of nitrogens with one attached hydrogen (secondary N) is 2. The van der Waals surface area contributed by atoms with Crippen molar-refractivity contribution in [1.82, 2.24) is 14.9 Å². The van der Waals surface area contributed by atoms with Crippen molar-refractivity contribution in [3.63, 3.8) is 0 Å². The Morgan fingerprint density at radius 1 is 1.03 bits per heavy atom. The molecule has 2 N–H and O–H groups in total. The Hall–Kier alpha value is -2.33. The fourth-order valence-electron chi connectivity index (χ4n) is 4.23. The van der Waals surface area contributed by atoms with Crippen molar-refractivity contribution in [3.8, 4) is 0 Å². The zero-order valence-corrected chi connectivity index (χ0v) is 19.3. The van der Waals surface area contributed by atoms with Gasteiger partial charge >= 0.3 is 0 Å². The van der Waals surface area contributed by atoms with Crippen molar-refractivity contribution in [3.05, 3.63) is 65.5 Å². The molecule has 2 aliphatic rings. The first-order valence-electron chi connectivity index (χ1n) is 11.4. The van der Waals surface area contributed by atoms with Gasteiger partial charge in [0.2, 0.25) is 10.0 Å². The summed E-state index contributed by atoms with van der Waals surface area (Å²) >= 11 is 0. The summed E-state index contributed by atoms with van der Waals surface area (Å²) in [6, 6.07) is 12.6. The minimum Gasteiger partial charge on any atom is -0.377 e. The number of nitrogens with zero attached hydrogens (tertiary/aromatic N) is 1. The maximum Gasteiger partial charge on any atom is 0.251 e. The van der Waals surface area contributed by atoms with Gasteiger partial charge in [-0.25, -0.2) is 17.5 Å². The Balaban J connectivity index is 1.24. The normalized spacial score (nSPS) is 20.1. The molecule has 1 atom stereocenters. The number of hydrogen-bond donors (Lipinski definition) is 2. The van der Waals surface area contributed by atoms with Gasteiger partial charge in [-0.3, -0.25) is 9.69 Å². The van der Waals surface area contributed by atoms with E-state index in [1.54, 1.807) is 24.3 Å². The monoisotopic (exact) mass is 475 g/mol. The van der Waals surface area contributed by atoms with Crippen LogP contribution in [0, 0.1) is 5.82 Å². The molecule has 9 heteroatoms. The molecule has 178 valence electrons. The lowest BCUT2D eigenvalue weighted by atomic mass is 10.0. The number of carbonyl (C=O) groups excluding carboxylic acids is 1. The number of likely N-dealkylation sites (tertiary alicyclic amines) is 1. The van der Waals surface area contributed by atoms with Gasteiger partial charge in [-0.15, -0.1) is 0 Å². The van der Waals surface area contributed by atoms with Crippen molar-refractivity contribution >= 4 is 15.9 Å². The third kappa shape index (κ3) is 6.60. The van der Waals surface area contributed by atoms with Crippen LogP contribution in [0.3, 0.4) is 0 Å². The van der Waals surface area contributed by atoms with Crippen LogP contribution < -0.4 is 10.0 Å². The number of sulfonamides is 1. The van der Waals surface area contributed by atoms with Gasteiger partial charge in [-0.05, 0) is 67.6 Å². The van der Waals surface area contributed by atoms with Gasteiger partial charge in [-0.1, -0.05) is 12.1 Å². The number of hydrogen-bond acceptors (Lipinski definition) is 5. The lowest BCUT2D eigenvalue weighted by Crippen LogP contribution is -2.44. The third-order valence-corrected chi connectivity index (χ3v) is 7.63. The van der Waals surface area contributed by atoms with Crippen molar-refractivity contribution in [2.24, 2.45) is 0 Å². The molecule has 0 radical (unpaired) electrons. The molecule has 2 aromatic rings. The summed E-state index contributed by atoms with van der Waals surface area (Å²) in [7, 11) is -3.64. The second-order valence-electron chi connectivity index (χ2n) is 8.66. The highest BCUT2D eigenvalue weighted by Crippen LogP contribution is 2.17. The fourth-order valence-corrected chi connectivity index (χ4v) is 5.30. The molecule has 4 rings (SSSR count). The third-order valence-electron chi connectivity index (χ3n) is 6.19. The van der Waals surface area contributed by atoms with Crippen LogP contribution in [0.25, 0.3) is 0 Å². The number of rotatable bonds is 8. The van der Waals surface area contributed by atoms with Gasteiger partial charge in [0.15, 0.2) is 0 Å². The number of carbonyl (C=O) groups is 1. The van der Waals surface area contributed by atoms with Crippen LogP contribution in [-0.2, 0) is 21.3 Å². The Morgan fingerprint density at radius 2 is 1.73 bits per heavy atom. The largest absolute Gasteiger partial charge is 0.377 e. The molecule has 2 heterocycles. The van der Waals surface area contributed by atoms with E-state index in [0.717, 1.165) is 50.9 Å². The van der Waals surface area contributed by atoms with Crippen molar-refractivity contribution in [1.29, 1.82) is 0 Å². The molecule has 0 saturated carbocycles. The van der Waals surface area contributed by atoms with E-state index in [1.165, 1.54) is 24.3 Å².